The van der Waals surface area contributed by atoms with Gasteiger partial charge < -0.3 is 14.7 Å². The highest BCUT2D eigenvalue weighted by Gasteiger charge is 2.46. The van der Waals surface area contributed by atoms with E-state index in [4.69, 9.17) is 16.3 Å². The van der Waals surface area contributed by atoms with Crippen LogP contribution in [0, 0.1) is 17.6 Å². The average molecular weight is 436 g/mol. The lowest BCUT2D eigenvalue weighted by Crippen LogP contribution is -2.52. The average Bonchev–Trinajstić information content (AvgIpc) is 3.49. The lowest BCUT2D eigenvalue weighted by molar-refractivity contribution is -0.179. The van der Waals surface area contributed by atoms with Crippen molar-refractivity contribution in [3.8, 4) is 0 Å². The highest BCUT2D eigenvalue weighted by molar-refractivity contribution is 6.30. The Hall–Kier alpha value is -2.51. The Balaban J connectivity index is 1.81. The van der Waals surface area contributed by atoms with Crippen molar-refractivity contribution < 1.29 is 28.2 Å². The number of benzene rings is 2. The van der Waals surface area contributed by atoms with Crippen LogP contribution in [-0.4, -0.2) is 34.5 Å². The SMILES string of the molecule is O=C(O)C[C@@H]1O[C@H](c2cc(F)cc(F)c2)[C@@H](c2ccc(Cl)cc2)N(CC2CC2)C1=O. The van der Waals surface area contributed by atoms with E-state index in [-0.39, 0.29) is 5.56 Å². The number of rotatable bonds is 6. The fraction of sp³-hybridized carbons (Fsp3) is 0.364. The van der Waals surface area contributed by atoms with E-state index in [1.807, 2.05) is 0 Å². The zero-order valence-electron chi connectivity index (χ0n) is 15.9. The van der Waals surface area contributed by atoms with Gasteiger partial charge in [-0.3, -0.25) is 9.59 Å². The van der Waals surface area contributed by atoms with Crippen LogP contribution in [0.25, 0.3) is 0 Å². The van der Waals surface area contributed by atoms with Crippen molar-refractivity contribution in [1.29, 1.82) is 0 Å². The molecule has 4 rings (SSSR count). The molecule has 8 heteroatoms. The second-order valence-electron chi connectivity index (χ2n) is 7.78. The van der Waals surface area contributed by atoms with E-state index in [0.717, 1.165) is 31.0 Å². The van der Waals surface area contributed by atoms with Crippen LogP contribution >= 0.6 is 11.6 Å². The summed E-state index contributed by atoms with van der Waals surface area (Å²) in [7, 11) is 0. The van der Waals surface area contributed by atoms with Crippen molar-refractivity contribution in [2.45, 2.75) is 37.5 Å². The number of amides is 1. The molecule has 0 aromatic heterocycles. The molecule has 1 saturated heterocycles. The van der Waals surface area contributed by atoms with Gasteiger partial charge >= 0.3 is 5.97 Å². The minimum Gasteiger partial charge on any atom is -0.481 e. The third kappa shape index (κ3) is 4.47. The van der Waals surface area contributed by atoms with Crippen LogP contribution in [0.15, 0.2) is 42.5 Å². The van der Waals surface area contributed by atoms with Gasteiger partial charge in [0.25, 0.3) is 5.91 Å². The lowest BCUT2D eigenvalue weighted by Gasteiger charge is -2.44. The van der Waals surface area contributed by atoms with E-state index >= 15 is 0 Å². The molecule has 158 valence electrons. The molecule has 1 aliphatic carbocycles. The van der Waals surface area contributed by atoms with Crippen LogP contribution in [0.4, 0.5) is 8.78 Å². The predicted molar refractivity (Wildman–Crippen MR) is 105 cm³/mol. The van der Waals surface area contributed by atoms with Crippen LogP contribution in [0.3, 0.4) is 0 Å². The summed E-state index contributed by atoms with van der Waals surface area (Å²) in [6, 6.07) is 9.21. The lowest BCUT2D eigenvalue weighted by atomic mass is 9.90. The first-order chi connectivity index (χ1) is 14.3. The van der Waals surface area contributed by atoms with Gasteiger partial charge in [-0.1, -0.05) is 23.7 Å². The number of aliphatic carboxylic acids is 1. The van der Waals surface area contributed by atoms with Gasteiger partial charge in [-0.25, -0.2) is 8.78 Å². The summed E-state index contributed by atoms with van der Waals surface area (Å²) in [4.78, 5) is 26.1. The van der Waals surface area contributed by atoms with E-state index in [0.29, 0.717) is 23.0 Å². The smallest absolute Gasteiger partial charge is 0.306 e. The number of carbonyl (C=O) groups excluding carboxylic acids is 1. The van der Waals surface area contributed by atoms with E-state index in [1.54, 1.807) is 29.2 Å². The Kier molecular flexibility index (Phi) is 5.75. The maximum Gasteiger partial charge on any atom is 0.306 e. The molecular weight excluding hydrogens is 416 g/mol. The van der Waals surface area contributed by atoms with Gasteiger partial charge in [0, 0.05) is 17.6 Å². The number of hydrogen-bond acceptors (Lipinski definition) is 3. The topological polar surface area (TPSA) is 66.8 Å². The first kappa shape index (κ1) is 20.8. The van der Waals surface area contributed by atoms with Gasteiger partial charge in [-0.05, 0) is 54.2 Å². The molecule has 0 spiro atoms. The first-order valence-corrected chi connectivity index (χ1v) is 10.1. The summed E-state index contributed by atoms with van der Waals surface area (Å²) in [6.45, 7) is 0.430. The maximum absolute atomic E-state index is 14.0. The number of carboxylic acids is 1. The van der Waals surface area contributed by atoms with Crippen LogP contribution < -0.4 is 0 Å². The Labute approximate surface area is 177 Å². The maximum atomic E-state index is 14.0. The Morgan fingerprint density at radius 2 is 1.73 bits per heavy atom. The molecule has 30 heavy (non-hydrogen) atoms. The van der Waals surface area contributed by atoms with Crippen molar-refractivity contribution in [2.24, 2.45) is 5.92 Å². The molecule has 2 aromatic rings. The van der Waals surface area contributed by atoms with Gasteiger partial charge in [-0.15, -0.1) is 0 Å². The largest absolute Gasteiger partial charge is 0.481 e. The number of carbonyl (C=O) groups is 2. The molecule has 0 radical (unpaired) electrons. The molecule has 0 unspecified atom stereocenters. The predicted octanol–water partition coefficient (Wildman–Crippen LogP) is 4.51. The van der Waals surface area contributed by atoms with Crippen LogP contribution in [-0.2, 0) is 14.3 Å². The van der Waals surface area contributed by atoms with Crippen molar-refractivity contribution in [1.82, 2.24) is 4.90 Å². The standard InChI is InChI=1S/C22H20ClF2NO4/c23-15-5-3-13(4-6-15)20-21(14-7-16(24)9-17(25)8-14)30-18(10-19(27)28)22(29)26(20)11-12-1-2-12/h3-9,12,18,20-21H,1-2,10-11H2,(H,27,28)/t18-,20+,21+/m0/s1. The highest BCUT2D eigenvalue weighted by atomic mass is 35.5. The highest BCUT2D eigenvalue weighted by Crippen LogP contribution is 2.45. The molecule has 2 fully saturated rings. The van der Waals surface area contributed by atoms with Crippen LogP contribution in [0.2, 0.25) is 5.02 Å². The number of morpholine rings is 1. The molecule has 3 atom stereocenters. The number of nitrogens with zero attached hydrogens (tertiary/aromatic N) is 1. The minimum atomic E-state index is -1.24. The van der Waals surface area contributed by atoms with Gasteiger partial charge in [0.15, 0.2) is 0 Å². The molecule has 0 bridgehead atoms. The number of hydrogen-bond donors (Lipinski definition) is 1. The third-order valence-corrected chi connectivity index (χ3v) is 5.68. The Morgan fingerprint density at radius 3 is 2.30 bits per heavy atom. The minimum absolute atomic E-state index is 0.205. The Morgan fingerprint density at radius 1 is 1.10 bits per heavy atom. The zero-order valence-corrected chi connectivity index (χ0v) is 16.7. The molecule has 1 amide bonds. The molecule has 1 N–H and O–H groups in total. The summed E-state index contributed by atoms with van der Waals surface area (Å²) >= 11 is 6.01. The number of halogens is 3. The second kappa shape index (κ2) is 8.32. The quantitative estimate of drug-likeness (QED) is 0.724. The summed E-state index contributed by atoms with van der Waals surface area (Å²) in [6.07, 6.45) is -0.748. The van der Waals surface area contributed by atoms with Crippen molar-refractivity contribution in [3.63, 3.8) is 0 Å². The summed E-state index contributed by atoms with van der Waals surface area (Å²) in [5.41, 5.74) is 0.896. The molecule has 2 aromatic carbocycles. The summed E-state index contributed by atoms with van der Waals surface area (Å²) in [5, 5.41) is 9.74. The van der Waals surface area contributed by atoms with E-state index in [1.165, 1.54) is 0 Å². The normalized spacial score (nSPS) is 24.2. The van der Waals surface area contributed by atoms with Crippen LogP contribution in [0.5, 0.6) is 0 Å². The van der Waals surface area contributed by atoms with Gasteiger partial charge in [0.1, 0.15) is 23.8 Å². The molecular formula is C22H20ClF2NO4. The molecule has 5 nitrogen and oxygen atoms in total. The van der Waals surface area contributed by atoms with E-state index in [2.05, 4.69) is 0 Å². The molecule has 1 saturated carbocycles. The van der Waals surface area contributed by atoms with Crippen molar-refractivity contribution in [3.05, 3.63) is 70.2 Å². The molecule has 1 heterocycles. The number of carboxylic acid groups (broad SMARTS) is 1. The summed E-state index contributed by atoms with van der Waals surface area (Å²) < 4.78 is 33.9. The fourth-order valence-electron chi connectivity index (χ4n) is 3.89. The van der Waals surface area contributed by atoms with E-state index < -0.39 is 48.2 Å². The molecule has 1 aliphatic heterocycles. The fourth-order valence-corrected chi connectivity index (χ4v) is 4.01. The van der Waals surface area contributed by atoms with Crippen LogP contribution in [0.1, 0.15) is 42.5 Å². The second-order valence-corrected chi connectivity index (χ2v) is 8.21. The zero-order chi connectivity index (χ0) is 21.4. The van der Waals surface area contributed by atoms with Crippen molar-refractivity contribution in [2.75, 3.05) is 6.54 Å². The summed E-state index contributed by atoms with van der Waals surface area (Å²) in [5.74, 6) is -2.85. The van der Waals surface area contributed by atoms with Gasteiger partial charge in [-0.2, -0.15) is 0 Å². The third-order valence-electron chi connectivity index (χ3n) is 5.43. The van der Waals surface area contributed by atoms with Gasteiger partial charge in [0.05, 0.1) is 12.5 Å². The number of ether oxygens (including phenoxy) is 1. The first-order valence-electron chi connectivity index (χ1n) is 9.71. The molecule has 2 aliphatic rings. The van der Waals surface area contributed by atoms with E-state index in [9.17, 15) is 23.5 Å². The van der Waals surface area contributed by atoms with Gasteiger partial charge in [0.2, 0.25) is 0 Å². The Bertz CT molecular complexity index is 944. The monoisotopic (exact) mass is 435 g/mol. The van der Waals surface area contributed by atoms with Crippen molar-refractivity contribution >= 4 is 23.5 Å².